The zero-order valence-corrected chi connectivity index (χ0v) is 18.9. The van der Waals surface area contributed by atoms with E-state index in [1.165, 1.54) is 6.07 Å². The molecule has 8 heteroatoms. The molecule has 1 heterocycles. The van der Waals surface area contributed by atoms with Crippen LogP contribution in [0.2, 0.25) is 0 Å². The molecule has 0 bridgehead atoms. The van der Waals surface area contributed by atoms with E-state index in [0.717, 1.165) is 12.8 Å². The molecule has 0 aromatic heterocycles. The molecule has 1 aliphatic heterocycles. The summed E-state index contributed by atoms with van der Waals surface area (Å²) < 4.78 is 34.8. The number of piperidine rings is 1. The van der Waals surface area contributed by atoms with Crippen molar-refractivity contribution in [1.29, 1.82) is 0 Å². The molecule has 0 atom stereocenters. The summed E-state index contributed by atoms with van der Waals surface area (Å²) in [6.07, 6.45) is 1.65. The van der Waals surface area contributed by atoms with Crippen LogP contribution in [0.4, 0.5) is 5.69 Å². The number of ether oxygens (including phenoxy) is 1. The lowest BCUT2D eigenvalue weighted by Gasteiger charge is -2.35. The molecule has 0 spiro atoms. The van der Waals surface area contributed by atoms with E-state index in [9.17, 15) is 18.0 Å². The molecule has 1 aliphatic carbocycles. The predicted octanol–water partition coefficient (Wildman–Crippen LogP) is 3.85. The topological polar surface area (TPSA) is 92.8 Å². The Labute approximate surface area is 188 Å². The van der Waals surface area contributed by atoms with Gasteiger partial charge in [0.15, 0.2) is 4.91 Å². The van der Waals surface area contributed by atoms with Gasteiger partial charge in [-0.25, -0.2) is 8.42 Å². The van der Waals surface area contributed by atoms with Gasteiger partial charge in [-0.3, -0.25) is 14.3 Å². The van der Waals surface area contributed by atoms with Crippen LogP contribution in [0.3, 0.4) is 0 Å². The second-order valence-electron chi connectivity index (χ2n) is 8.11. The first-order valence-electron chi connectivity index (χ1n) is 10.7. The molecule has 1 saturated heterocycles. The normalized spacial score (nSPS) is 17.4. The number of ketones is 2. The van der Waals surface area contributed by atoms with Gasteiger partial charge in [0.1, 0.15) is 11.4 Å². The molecule has 0 amide bonds. The smallest absolute Gasteiger partial charge is 0.268 e. The zero-order valence-electron chi connectivity index (χ0n) is 18.1. The Kier molecular flexibility index (Phi) is 6.06. The van der Waals surface area contributed by atoms with Gasteiger partial charge in [-0.15, -0.1) is 0 Å². The summed E-state index contributed by atoms with van der Waals surface area (Å²) in [5.74, 6) is 0.000263. The van der Waals surface area contributed by atoms with Crippen LogP contribution in [0.1, 0.15) is 47.4 Å². The standard InChI is InChI=1S/C24H26N2O5S/c1-3-31-18-10-8-17(9-11-18)25-32(29,30)24-21(26-14-12-16(2)13-15-26)22(27)19-6-4-5-7-20(19)23(24)28/h4-11,16,25H,3,12-15H2,1-2H3. The summed E-state index contributed by atoms with van der Waals surface area (Å²) in [5.41, 5.74) is 0.607. The second kappa shape index (κ2) is 8.78. The largest absolute Gasteiger partial charge is 0.494 e. The first kappa shape index (κ1) is 22.1. The molecular weight excluding hydrogens is 428 g/mol. The van der Waals surface area contributed by atoms with Gasteiger partial charge in [0.05, 0.1) is 6.61 Å². The van der Waals surface area contributed by atoms with Crippen molar-refractivity contribution in [3.05, 3.63) is 70.3 Å². The van der Waals surface area contributed by atoms with Gasteiger partial charge < -0.3 is 9.64 Å². The van der Waals surface area contributed by atoms with Crippen LogP contribution in [0.25, 0.3) is 0 Å². The van der Waals surface area contributed by atoms with Crippen molar-refractivity contribution >= 4 is 27.3 Å². The van der Waals surface area contributed by atoms with E-state index in [-0.39, 0.29) is 22.5 Å². The van der Waals surface area contributed by atoms with Crippen LogP contribution in [-0.2, 0) is 10.0 Å². The number of likely N-dealkylation sites (tertiary alicyclic amines) is 1. The molecule has 7 nitrogen and oxygen atoms in total. The lowest BCUT2D eigenvalue weighted by atomic mass is 9.90. The molecule has 0 unspecified atom stereocenters. The highest BCUT2D eigenvalue weighted by Crippen LogP contribution is 2.34. The molecule has 0 saturated carbocycles. The fourth-order valence-corrected chi connectivity index (χ4v) is 5.48. The lowest BCUT2D eigenvalue weighted by molar-refractivity contribution is 0.0933. The first-order valence-corrected chi connectivity index (χ1v) is 12.2. The van der Waals surface area contributed by atoms with Gasteiger partial charge in [-0.2, -0.15) is 0 Å². The summed E-state index contributed by atoms with van der Waals surface area (Å²) in [7, 11) is -4.32. The first-order chi connectivity index (χ1) is 15.3. The van der Waals surface area contributed by atoms with Crippen LogP contribution < -0.4 is 9.46 Å². The number of Topliss-reactive ketones (excluding diaryl/α,β-unsaturated/α-hetero) is 2. The van der Waals surface area contributed by atoms with E-state index in [1.807, 2.05) is 6.92 Å². The maximum Gasteiger partial charge on any atom is 0.268 e. The number of nitrogens with one attached hydrogen (secondary N) is 1. The molecule has 168 valence electrons. The maximum absolute atomic E-state index is 13.4. The average Bonchev–Trinajstić information content (AvgIpc) is 2.78. The van der Waals surface area contributed by atoms with E-state index in [2.05, 4.69) is 11.6 Å². The summed E-state index contributed by atoms with van der Waals surface area (Å²) in [6, 6.07) is 12.8. The number of fused-ring (bicyclic) bond motifs is 1. The van der Waals surface area contributed by atoms with Crippen LogP contribution >= 0.6 is 0 Å². The molecule has 0 radical (unpaired) electrons. The fraction of sp³-hybridized carbons (Fsp3) is 0.333. The summed E-state index contributed by atoms with van der Waals surface area (Å²) in [6.45, 7) is 5.53. The van der Waals surface area contributed by atoms with Gasteiger partial charge >= 0.3 is 0 Å². The zero-order chi connectivity index (χ0) is 22.9. The third-order valence-corrected chi connectivity index (χ3v) is 7.26. The van der Waals surface area contributed by atoms with Crippen LogP contribution in [-0.4, -0.2) is 44.6 Å². The Morgan fingerprint density at radius 1 is 0.969 bits per heavy atom. The molecule has 1 N–H and O–H groups in total. The number of allylic oxidation sites excluding steroid dienone is 2. The molecule has 32 heavy (non-hydrogen) atoms. The van der Waals surface area contributed by atoms with Gasteiger partial charge in [0.2, 0.25) is 11.6 Å². The SMILES string of the molecule is CCOc1ccc(NS(=O)(=O)C2=C(N3CCC(C)CC3)C(=O)c3ccccc3C2=O)cc1. The molecule has 2 aliphatic rings. The number of nitrogens with zero attached hydrogens (tertiary/aromatic N) is 1. The number of carbonyl (C=O) groups excluding carboxylic acids is 2. The van der Waals surface area contributed by atoms with E-state index in [0.29, 0.717) is 31.4 Å². The lowest BCUT2D eigenvalue weighted by Crippen LogP contribution is -2.41. The number of hydrogen-bond acceptors (Lipinski definition) is 6. The minimum Gasteiger partial charge on any atom is -0.494 e. The van der Waals surface area contributed by atoms with E-state index < -0.39 is 26.5 Å². The molecule has 4 rings (SSSR count). The van der Waals surface area contributed by atoms with Gasteiger partial charge in [-0.05, 0) is 49.9 Å². The minimum absolute atomic E-state index is 0.0287. The Bertz CT molecular complexity index is 1180. The van der Waals surface area contributed by atoms with Crippen molar-refractivity contribution in [2.75, 3.05) is 24.4 Å². The molecule has 1 fully saturated rings. The van der Waals surface area contributed by atoms with E-state index in [4.69, 9.17) is 4.74 Å². The van der Waals surface area contributed by atoms with Crippen molar-refractivity contribution in [2.24, 2.45) is 5.92 Å². The number of hydrogen-bond donors (Lipinski definition) is 1. The predicted molar refractivity (Wildman–Crippen MR) is 122 cm³/mol. The van der Waals surface area contributed by atoms with Crippen molar-refractivity contribution in [3.8, 4) is 5.75 Å². The Morgan fingerprint density at radius 2 is 1.56 bits per heavy atom. The molecular formula is C24H26N2O5S. The highest BCUT2D eigenvalue weighted by Gasteiger charge is 2.42. The Balaban J connectivity index is 1.78. The minimum atomic E-state index is -4.32. The maximum atomic E-state index is 13.4. The summed E-state index contributed by atoms with van der Waals surface area (Å²) in [4.78, 5) is 28.1. The summed E-state index contributed by atoms with van der Waals surface area (Å²) >= 11 is 0. The van der Waals surface area contributed by atoms with Crippen LogP contribution in [0.5, 0.6) is 5.75 Å². The van der Waals surface area contributed by atoms with Gasteiger partial charge in [0.25, 0.3) is 10.0 Å². The number of benzene rings is 2. The molecule has 2 aromatic rings. The van der Waals surface area contributed by atoms with Crippen molar-refractivity contribution in [1.82, 2.24) is 4.90 Å². The fourth-order valence-electron chi connectivity index (χ4n) is 4.10. The van der Waals surface area contributed by atoms with Crippen LogP contribution in [0.15, 0.2) is 59.1 Å². The van der Waals surface area contributed by atoms with Crippen molar-refractivity contribution < 1.29 is 22.7 Å². The third-order valence-electron chi connectivity index (χ3n) is 5.84. The van der Waals surface area contributed by atoms with Crippen LogP contribution in [0, 0.1) is 5.92 Å². The average molecular weight is 455 g/mol. The quantitative estimate of drug-likeness (QED) is 0.713. The third kappa shape index (κ3) is 4.14. The number of carbonyl (C=O) groups is 2. The second-order valence-corrected chi connectivity index (χ2v) is 9.73. The van der Waals surface area contributed by atoms with Crippen molar-refractivity contribution in [3.63, 3.8) is 0 Å². The van der Waals surface area contributed by atoms with E-state index in [1.54, 1.807) is 47.4 Å². The molecule has 2 aromatic carbocycles. The monoisotopic (exact) mass is 454 g/mol. The number of rotatable bonds is 6. The summed E-state index contributed by atoms with van der Waals surface area (Å²) in [5, 5.41) is 0. The Hall–Kier alpha value is -3.13. The highest BCUT2D eigenvalue weighted by molar-refractivity contribution is 7.97. The van der Waals surface area contributed by atoms with Crippen molar-refractivity contribution in [2.45, 2.75) is 26.7 Å². The number of sulfonamides is 1. The van der Waals surface area contributed by atoms with E-state index >= 15 is 0 Å². The van der Waals surface area contributed by atoms with Gasteiger partial charge in [-0.1, -0.05) is 31.2 Å². The number of anilines is 1. The Morgan fingerprint density at radius 3 is 2.16 bits per heavy atom. The van der Waals surface area contributed by atoms with Gasteiger partial charge in [0, 0.05) is 29.9 Å². The highest BCUT2D eigenvalue weighted by atomic mass is 32.2.